The predicted octanol–water partition coefficient (Wildman–Crippen LogP) is 2.93. The molecule has 0 aromatic heterocycles. The van der Waals surface area contributed by atoms with Crippen molar-refractivity contribution in [2.75, 3.05) is 18.4 Å². The normalized spacial score (nSPS) is 25.7. The lowest BCUT2D eigenvalue weighted by Gasteiger charge is -2.23. The van der Waals surface area contributed by atoms with E-state index in [-0.39, 0.29) is 23.5 Å². The first-order valence-electron chi connectivity index (χ1n) is 7.45. The lowest BCUT2D eigenvalue weighted by molar-refractivity contribution is -0.149. The Bertz CT molecular complexity index is 715. The van der Waals surface area contributed by atoms with Crippen molar-refractivity contribution < 1.29 is 14.7 Å². The van der Waals surface area contributed by atoms with E-state index >= 15 is 0 Å². The van der Waals surface area contributed by atoms with E-state index in [1.165, 1.54) is 6.07 Å². The van der Waals surface area contributed by atoms with Gasteiger partial charge in [-0.2, -0.15) is 5.26 Å². The van der Waals surface area contributed by atoms with Gasteiger partial charge in [0.25, 0.3) is 0 Å². The number of likely N-dealkylation sites (tertiary alicyclic amines) is 1. The molecule has 0 unspecified atom stereocenters. The second kappa shape index (κ2) is 5.74. The number of aliphatic carboxylic acids is 1. The summed E-state index contributed by atoms with van der Waals surface area (Å²) in [7, 11) is 0. The Morgan fingerprint density at radius 3 is 2.87 bits per heavy atom. The molecule has 1 aliphatic carbocycles. The number of carboxylic acid groups (broad SMARTS) is 1. The smallest absolute Gasteiger partial charge is 0.321 e. The number of carbonyl (C=O) groups excluding carboxylic acids is 1. The van der Waals surface area contributed by atoms with Crippen molar-refractivity contribution in [2.24, 2.45) is 11.3 Å². The Morgan fingerprint density at radius 1 is 1.48 bits per heavy atom. The number of hydrogen-bond acceptors (Lipinski definition) is 3. The monoisotopic (exact) mass is 333 g/mol. The van der Waals surface area contributed by atoms with Gasteiger partial charge in [0, 0.05) is 13.1 Å². The van der Waals surface area contributed by atoms with Gasteiger partial charge in [-0.3, -0.25) is 4.79 Å². The average molecular weight is 334 g/mol. The zero-order valence-electron chi connectivity index (χ0n) is 12.4. The Kier molecular flexibility index (Phi) is 3.90. The first-order valence-corrected chi connectivity index (χ1v) is 7.83. The van der Waals surface area contributed by atoms with Crippen molar-refractivity contribution in [3.05, 3.63) is 28.8 Å². The standard InChI is InChI=1S/C16H16ClN3O3/c17-12-6-10(7-18)3-4-13(12)19-15(23)20-8-11-2-1-5-16(11,9-20)14(21)22/h3-4,6,11H,1-2,5,8-9H2,(H,19,23)(H,21,22)/t11-,16+/m0/s1. The van der Waals surface area contributed by atoms with Crippen LogP contribution in [0.1, 0.15) is 24.8 Å². The Labute approximate surface area is 138 Å². The maximum absolute atomic E-state index is 12.4. The molecule has 2 fully saturated rings. The summed E-state index contributed by atoms with van der Waals surface area (Å²) in [6.45, 7) is 0.679. The van der Waals surface area contributed by atoms with Gasteiger partial charge in [-0.25, -0.2) is 4.79 Å². The summed E-state index contributed by atoms with van der Waals surface area (Å²) < 4.78 is 0. The first kappa shape index (κ1) is 15.6. The Balaban J connectivity index is 1.73. The maximum Gasteiger partial charge on any atom is 0.321 e. The maximum atomic E-state index is 12.4. The van der Waals surface area contributed by atoms with Crippen molar-refractivity contribution in [1.82, 2.24) is 4.90 Å². The number of urea groups is 1. The second-order valence-electron chi connectivity index (χ2n) is 6.17. The molecule has 1 saturated carbocycles. The van der Waals surface area contributed by atoms with Gasteiger partial charge in [-0.05, 0) is 37.0 Å². The number of nitrogens with zero attached hydrogens (tertiary/aromatic N) is 2. The Morgan fingerprint density at radius 2 is 2.26 bits per heavy atom. The first-order chi connectivity index (χ1) is 11.0. The minimum Gasteiger partial charge on any atom is -0.481 e. The molecule has 6 nitrogen and oxygen atoms in total. The van der Waals surface area contributed by atoms with Gasteiger partial charge in [0.15, 0.2) is 0 Å². The summed E-state index contributed by atoms with van der Waals surface area (Å²) >= 11 is 6.05. The van der Waals surface area contributed by atoms with E-state index in [0.717, 1.165) is 12.8 Å². The lowest BCUT2D eigenvalue weighted by Crippen LogP contribution is -2.38. The highest BCUT2D eigenvalue weighted by atomic mass is 35.5. The number of benzene rings is 1. The third-order valence-electron chi connectivity index (χ3n) is 4.92. The fourth-order valence-corrected chi connectivity index (χ4v) is 3.90. The van der Waals surface area contributed by atoms with Crippen molar-refractivity contribution in [2.45, 2.75) is 19.3 Å². The van der Waals surface area contributed by atoms with Crippen LogP contribution in [0.15, 0.2) is 18.2 Å². The van der Waals surface area contributed by atoms with Gasteiger partial charge >= 0.3 is 12.0 Å². The van der Waals surface area contributed by atoms with Gasteiger partial charge < -0.3 is 15.3 Å². The lowest BCUT2D eigenvalue weighted by atomic mass is 9.81. The fraction of sp³-hybridized carbons (Fsp3) is 0.438. The number of nitrogens with one attached hydrogen (secondary N) is 1. The highest BCUT2D eigenvalue weighted by molar-refractivity contribution is 6.33. The predicted molar refractivity (Wildman–Crippen MR) is 84.2 cm³/mol. The molecule has 1 aliphatic heterocycles. The molecule has 1 aromatic rings. The molecule has 3 rings (SSSR count). The molecule has 1 heterocycles. The van der Waals surface area contributed by atoms with Gasteiger partial charge in [-0.1, -0.05) is 18.0 Å². The van der Waals surface area contributed by atoms with Crippen LogP contribution < -0.4 is 5.32 Å². The summed E-state index contributed by atoms with van der Waals surface area (Å²) in [5, 5.41) is 21.4. The zero-order chi connectivity index (χ0) is 16.6. The van der Waals surface area contributed by atoms with Gasteiger partial charge in [0.05, 0.1) is 27.8 Å². The summed E-state index contributed by atoms with van der Waals surface area (Å²) in [6, 6.07) is 6.24. The highest BCUT2D eigenvalue weighted by Crippen LogP contribution is 2.49. The third-order valence-corrected chi connectivity index (χ3v) is 5.24. The third kappa shape index (κ3) is 2.62. The number of amides is 2. The van der Waals surface area contributed by atoms with E-state index in [9.17, 15) is 14.7 Å². The number of rotatable bonds is 2. The molecule has 120 valence electrons. The molecular weight excluding hydrogens is 318 g/mol. The van der Waals surface area contributed by atoms with Crippen LogP contribution in [0.25, 0.3) is 0 Å². The number of halogens is 1. The molecule has 23 heavy (non-hydrogen) atoms. The van der Waals surface area contributed by atoms with Crippen LogP contribution in [0, 0.1) is 22.7 Å². The summed E-state index contributed by atoms with van der Waals surface area (Å²) in [4.78, 5) is 25.6. The molecule has 0 radical (unpaired) electrons. The summed E-state index contributed by atoms with van der Waals surface area (Å²) in [5.74, 6) is -0.797. The van der Waals surface area contributed by atoms with Crippen LogP contribution in [0.3, 0.4) is 0 Å². The average Bonchev–Trinajstić information content (AvgIpc) is 3.07. The van der Waals surface area contributed by atoms with E-state index < -0.39 is 11.4 Å². The number of carbonyl (C=O) groups is 2. The van der Waals surface area contributed by atoms with E-state index in [1.54, 1.807) is 17.0 Å². The van der Waals surface area contributed by atoms with Crippen LogP contribution in [-0.2, 0) is 4.79 Å². The number of anilines is 1. The zero-order valence-corrected chi connectivity index (χ0v) is 13.1. The molecule has 1 saturated heterocycles. The van der Waals surface area contributed by atoms with E-state index in [1.807, 2.05) is 6.07 Å². The van der Waals surface area contributed by atoms with E-state index in [2.05, 4.69) is 5.32 Å². The Hall–Kier alpha value is -2.26. The molecule has 2 amide bonds. The molecular formula is C16H16ClN3O3. The van der Waals surface area contributed by atoms with Crippen molar-refractivity contribution in [3.8, 4) is 6.07 Å². The number of fused-ring (bicyclic) bond motifs is 1. The minimum absolute atomic E-state index is 0.0159. The van der Waals surface area contributed by atoms with Gasteiger partial charge in [-0.15, -0.1) is 0 Å². The topological polar surface area (TPSA) is 93.4 Å². The molecule has 2 atom stereocenters. The van der Waals surface area contributed by atoms with Crippen LogP contribution in [-0.4, -0.2) is 35.1 Å². The van der Waals surface area contributed by atoms with E-state index in [4.69, 9.17) is 16.9 Å². The van der Waals surface area contributed by atoms with Crippen molar-refractivity contribution in [3.63, 3.8) is 0 Å². The molecule has 2 N–H and O–H groups in total. The van der Waals surface area contributed by atoms with E-state index in [0.29, 0.717) is 24.2 Å². The fourth-order valence-electron chi connectivity index (χ4n) is 3.67. The molecule has 2 aliphatic rings. The summed E-state index contributed by atoms with van der Waals surface area (Å²) in [5.41, 5.74) is 0.0249. The summed E-state index contributed by atoms with van der Waals surface area (Å²) in [6.07, 6.45) is 2.36. The minimum atomic E-state index is -0.813. The molecule has 1 aromatic carbocycles. The highest BCUT2D eigenvalue weighted by Gasteiger charge is 2.55. The largest absolute Gasteiger partial charge is 0.481 e. The molecule has 7 heteroatoms. The van der Waals surface area contributed by atoms with Gasteiger partial charge in [0.2, 0.25) is 0 Å². The molecule has 0 bridgehead atoms. The number of hydrogen-bond donors (Lipinski definition) is 2. The van der Waals surface area contributed by atoms with Gasteiger partial charge in [0.1, 0.15) is 0 Å². The number of carboxylic acids is 1. The van der Waals surface area contributed by atoms with Crippen molar-refractivity contribution >= 4 is 29.3 Å². The van der Waals surface area contributed by atoms with Crippen LogP contribution in [0.2, 0.25) is 5.02 Å². The van der Waals surface area contributed by atoms with Crippen LogP contribution in [0.4, 0.5) is 10.5 Å². The molecule has 0 spiro atoms. The quantitative estimate of drug-likeness (QED) is 0.870. The SMILES string of the molecule is N#Cc1ccc(NC(=O)N2C[C@@H]3CCC[C@@]3(C(=O)O)C2)c(Cl)c1. The van der Waals surface area contributed by atoms with Crippen molar-refractivity contribution in [1.29, 1.82) is 5.26 Å². The second-order valence-corrected chi connectivity index (χ2v) is 6.57. The number of nitriles is 1. The van der Waals surface area contributed by atoms with Crippen LogP contribution in [0.5, 0.6) is 0 Å². The van der Waals surface area contributed by atoms with Crippen LogP contribution >= 0.6 is 11.6 Å².